The van der Waals surface area contributed by atoms with E-state index in [1.54, 1.807) is 12.1 Å². The first kappa shape index (κ1) is 27.1. The summed E-state index contributed by atoms with van der Waals surface area (Å²) in [6.07, 6.45) is 5.62. The average molecular weight is 552 g/mol. The van der Waals surface area contributed by atoms with Crippen LogP contribution in [0.3, 0.4) is 0 Å². The summed E-state index contributed by atoms with van der Waals surface area (Å²) in [7, 11) is 3.06. The molecule has 2 atom stereocenters. The van der Waals surface area contributed by atoms with Gasteiger partial charge in [-0.3, -0.25) is 20.2 Å². The van der Waals surface area contributed by atoms with Gasteiger partial charge in [0.1, 0.15) is 23.9 Å². The summed E-state index contributed by atoms with van der Waals surface area (Å²) in [5.41, 5.74) is 2.90. The quantitative estimate of drug-likeness (QED) is 0.122. The second-order valence-corrected chi connectivity index (χ2v) is 9.30. The van der Waals surface area contributed by atoms with Crippen molar-refractivity contribution in [2.75, 3.05) is 14.2 Å². The van der Waals surface area contributed by atoms with E-state index in [1.807, 2.05) is 88.5 Å². The maximum absolute atomic E-state index is 11.7. The van der Waals surface area contributed by atoms with E-state index in [1.165, 1.54) is 38.5 Å². The van der Waals surface area contributed by atoms with Crippen molar-refractivity contribution < 1.29 is 23.9 Å². The van der Waals surface area contributed by atoms with Crippen LogP contribution in [0.4, 0.5) is 11.4 Å². The van der Waals surface area contributed by atoms with E-state index in [0.717, 1.165) is 11.1 Å². The number of rotatable bonds is 10. The van der Waals surface area contributed by atoms with E-state index in [0.29, 0.717) is 22.6 Å². The Balaban J connectivity index is 1.71. The number of hydrogen-bond donors (Lipinski definition) is 0. The third-order valence-corrected chi connectivity index (χ3v) is 6.94. The van der Waals surface area contributed by atoms with Crippen molar-refractivity contribution in [3.8, 4) is 11.5 Å². The van der Waals surface area contributed by atoms with Crippen LogP contribution in [0.25, 0.3) is 0 Å². The zero-order valence-electron chi connectivity index (χ0n) is 22.4. The number of aromatic nitrogens is 2. The molecule has 1 heterocycles. The van der Waals surface area contributed by atoms with E-state index < -0.39 is 21.9 Å². The second-order valence-electron chi connectivity index (χ2n) is 9.30. The Bertz CT molecular complexity index is 1560. The molecule has 10 nitrogen and oxygen atoms in total. The first-order valence-corrected chi connectivity index (χ1v) is 12.7. The van der Waals surface area contributed by atoms with Crippen LogP contribution < -0.4 is 14.0 Å². The Hall–Kier alpha value is -5.51. The van der Waals surface area contributed by atoms with Gasteiger partial charge < -0.3 is 9.47 Å². The molecule has 4 aromatic carbocycles. The lowest BCUT2D eigenvalue weighted by Crippen LogP contribution is -2.39. The lowest BCUT2D eigenvalue weighted by molar-refractivity contribution is -0.704. The third kappa shape index (κ3) is 5.48. The van der Waals surface area contributed by atoms with Crippen molar-refractivity contribution in [1.29, 1.82) is 0 Å². The van der Waals surface area contributed by atoms with Gasteiger partial charge in [0.15, 0.2) is 12.1 Å². The smallest absolute Gasteiger partial charge is 0.270 e. The summed E-state index contributed by atoms with van der Waals surface area (Å²) in [4.78, 5) is 22.5. The predicted octanol–water partition coefficient (Wildman–Crippen LogP) is 5.88. The van der Waals surface area contributed by atoms with Crippen molar-refractivity contribution >= 4 is 11.4 Å². The zero-order chi connectivity index (χ0) is 28.9. The molecule has 0 saturated carbocycles. The fourth-order valence-electron chi connectivity index (χ4n) is 5.08. The van der Waals surface area contributed by atoms with E-state index in [4.69, 9.17) is 9.47 Å². The Morgan fingerprint density at radius 2 is 1.22 bits per heavy atom. The molecule has 0 N–H and O–H groups in total. The van der Waals surface area contributed by atoms with Gasteiger partial charge >= 0.3 is 0 Å². The zero-order valence-corrected chi connectivity index (χ0v) is 22.4. The number of imidazole rings is 1. The van der Waals surface area contributed by atoms with Gasteiger partial charge in [-0.1, -0.05) is 60.7 Å². The number of hydrogen-bond acceptors (Lipinski definition) is 6. The number of methoxy groups -OCH3 is 2. The van der Waals surface area contributed by atoms with Gasteiger partial charge in [-0.05, 0) is 12.1 Å². The molecule has 0 spiro atoms. The molecule has 0 bridgehead atoms. The maximum atomic E-state index is 11.7. The Labute approximate surface area is 236 Å². The van der Waals surface area contributed by atoms with E-state index in [9.17, 15) is 20.2 Å². The highest BCUT2D eigenvalue weighted by atomic mass is 16.6. The summed E-state index contributed by atoms with van der Waals surface area (Å²) in [5.74, 6) is 1.01. The number of nitro groups is 2. The Kier molecular flexibility index (Phi) is 7.73. The average Bonchev–Trinajstić information content (AvgIpc) is 3.47. The largest absolute Gasteiger partial charge is 0.496 e. The van der Waals surface area contributed by atoms with Crippen molar-refractivity contribution in [2.24, 2.45) is 0 Å². The number of nitrogens with zero attached hydrogens (tertiary/aromatic N) is 4. The molecule has 5 rings (SSSR count). The summed E-state index contributed by atoms with van der Waals surface area (Å²) < 4.78 is 15.2. The Morgan fingerprint density at radius 3 is 1.76 bits per heavy atom. The topological polar surface area (TPSA) is 114 Å². The monoisotopic (exact) mass is 551 g/mol. The molecule has 41 heavy (non-hydrogen) atoms. The molecule has 0 aliphatic carbocycles. The van der Waals surface area contributed by atoms with Crippen molar-refractivity contribution in [2.45, 2.75) is 12.1 Å². The standard InChI is InChI=1S/C31H27N4O6/c1-40-28-15-13-24(34(36)37)19-26(28)30(22-9-5-3-6-10-22)32-17-18-33(21-32)31(23-11-7-4-8-12-23)27-20-25(35(38)39)14-16-29(27)41-2/h3-21,30-31H,1-2H3/q+1. The molecule has 0 amide bonds. The third-order valence-electron chi connectivity index (χ3n) is 6.94. The molecule has 2 unspecified atom stereocenters. The minimum atomic E-state index is -0.476. The molecule has 0 aliphatic rings. The fraction of sp³-hybridized carbons (Fsp3) is 0.129. The lowest BCUT2D eigenvalue weighted by Gasteiger charge is -2.19. The molecule has 0 saturated heterocycles. The number of non-ortho nitro benzene ring substituents is 2. The highest BCUT2D eigenvalue weighted by Gasteiger charge is 2.31. The number of benzene rings is 4. The maximum Gasteiger partial charge on any atom is 0.270 e. The predicted molar refractivity (Wildman–Crippen MR) is 151 cm³/mol. The first-order valence-electron chi connectivity index (χ1n) is 12.7. The highest BCUT2D eigenvalue weighted by Crippen LogP contribution is 2.37. The van der Waals surface area contributed by atoms with Gasteiger partial charge in [0, 0.05) is 35.4 Å². The summed E-state index contributed by atoms with van der Waals surface area (Å²) in [6, 6.07) is 27.4. The molecular formula is C31H27N4O6+. The van der Waals surface area contributed by atoms with Gasteiger partial charge in [0.25, 0.3) is 11.4 Å². The molecule has 0 aliphatic heterocycles. The van der Waals surface area contributed by atoms with Crippen LogP contribution in [-0.4, -0.2) is 28.6 Å². The van der Waals surface area contributed by atoms with Gasteiger partial charge in [-0.2, -0.15) is 0 Å². The van der Waals surface area contributed by atoms with Crippen LogP contribution in [0, 0.1) is 20.2 Å². The van der Waals surface area contributed by atoms with E-state index >= 15 is 0 Å². The van der Waals surface area contributed by atoms with Crippen molar-refractivity contribution in [1.82, 2.24) is 4.57 Å². The SMILES string of the molecule is COc1ccc([N+](=O)[O-])cc1C(c1ccccc1)n1cc[n+](C(c2ccccc2)c2cc([N+](=O)[O-])ccc2OC)c1. The van der Waals surface area contributed by atoms with Crippen LogP contribution in [0.15, 0.2) is 116 Å². The fourth-order valence-corrected chi connectivity index (χ4v) is 5.08. The molecule has 1 aromatic heterocycles. The molecule has 0 radical (unpaired) electrons. The van der Waals surface area contributed by atoms with E-state index in [-0.39, 0.29) is 11.4 Å². The molecule has 0 fully saturated rings. The summed E-state index contributed by atoms with van der Waals surface area (Å²) in [5, 5.41) is 23.4. The normalized spacial score (nSPS) is 12.3. The second kappa shape index (κ2) is 11.7. The van der Waals surface area contributed by atoms with Gasteiger partial charge in [0.05, 0.1) is 35.2 Å². The molecule has 10 heteroatoms. The summed E-state index contributed by atoms with van der Waals surface area (Å²) >= 11 is 0. The van der Waals surface area contributed by atoms with Crippen LogP contribution in [-0.2, 0) is 0 Å². The van der Waals surface area contributed by atoms with Crippen LogP contribution >= 0.6 is 0 Å². The van der Waals surface area contributed by atoms with Gasteiger partial charge in [0.2, 0.25) is 6.33 Å². The molecular weight excluding hydrogens is 524 g/mol. The van der Waals surface area contributed by atoms with Crippen LogP contribution in [0.5, 0.6) is 11.5 Å². The molecule has 206 valence electrons. The highest BCUT2D eigenvalue weighted by molar-refractivity contribution is 5.50. The number of nitro benzene ring substituents is 2. The van der Waals surface area contributed by atoms with Crippen LogP contribution in [0.1, 0.15) is 34.3 Å². The van der Waals surface area contributed by atoms with Gasteiger partial charge in [-0.15, -0.1) is 0 Å². The van der Waals surface area contributed by atoms with Crippen molar-refractivity contribution in [3.63, 3.8) is 0 Å². The van der Waals surface area contributed by atoms with Crippen LogP contribution in [0.2, 0.25) is 0 Å². The lowest BCUT2D eigenvalue weighted by atomic mass is 9.96. The van der Waals surface area contributed by atoms with E-state index in [2.05, 4.69) is 0 Å². The first-order chi connectivity index (χ1) is 19.9. The molecule has 5 aromatic rings. The van der Waals surface area contributed by atoms with Gasteiger partial charge in [-0.25, -0.2) is 9.13 Å². The Morgan fingerprint density at radius 1 is 0.707 bits per heavy atom. The summed E-state index contributed by atoms with van der Waals surface area (Å²) in [6.45, 7) is 0. The van der Waals surface area contributed by atoms with Crippen molar-refractivity contribution in [3.05, 3.63) is 158 Å². The minimum Gasteiger partial charge on any atom is -0.496 e. The number of ether oxygens (including phenoxy) is 2. The minimum absolute atomic E-state index is 0.0507.